The van der Waals surface area contributed by atoms with Gasteiger partial charge in [0.2, 0.25) is 12.7 Å². The van der Waals surface area contributed by atoms with Gasteiger partial charge in [0.25, 0.3) is 0 Å². The summed E-state index contributed by atoms with van der Waals surface area (Å²) in [7, 11) is 0. The molecule has 2 aromatic carbocycles. The number of para-hydroxylation sites is 1. The number of nitrogens with one attached hydrogen (secondary N) is 2. The molecular weight excluding hydrogens is 316 g/mol. The number of fused-ring (bicyclic) bond motifs is 1. The van der Waals surface area contributed by atoms with Crippen LogP contribution in [-0.4, -0.2) is 19.2 Å². The molecule has 120 valence electrons. The van der Waals surface area contributed by atoms with E-state index in [1.54, 1.807) is 0 Å². The Bertz CT molecular complexity index is 706. The minimum atomic E-state index is -0.0257. The molecule has 2 aromatic rings. The molecule has 0 radical (unpaired) electrons. The lowest BCUT2D eigenvalue weighted by molar-refractivity contribution is -0.121. The number of anilines is 1. The molecule has 0 spiro atoms. The van der Waals surface area contributed by atoms with Gasteiger partial charge in [-0.05, 0) is 29.8 Å². The van der Waals surface area contributed by atoms with Crippen molar-refractivity contribution < 1.29 is 14.3 Å². The van der Waals surface area contributed by atoms with Crippen LogP contribution in [0.4, 0.5) is 5.69 Å². The average molecular weight is 333 g/mol. The lowest BCUT2D eigenvalue weighted by atomic mass is 10.2. The monoisotopic (exact) mass is 332 g/mol. The van der Waals surface area contributed by atoms with Crippen LogP contribution in [0.15, 0.2) is 42.5 Å². The van der Waals surface area contributed by atoms with Crippen LogP contribution in [0.5, 0.6) is 11.5 Å². The minimum Gasteiger partial charge on any atom is -0.454 e. The van der Waals surface area contributed by atoms with Gasteiger partial charge in [-0.15, -0.1) is 0 Å². The molecule has 0 aromatic heterocycles. The molecular formula is C17H17ClN2O3. The summed E-state index contributed by atoms with van der Waals surface area (Å²) in [6, 6.07) is 13.1. The summed E-state index contributed by atoms with van der Waals surface area (Å²) >= 11 is 6.04. The maximum atomic E-state index is 11.9. The van der Waals surface area contributed by atoms with Crippen LogP contribution >= 0.6 is 11.6 Å². The first kappa shape index (κ1) is 15.5. The van der Waals surface area contributed by atoms with Crippen molar-refractivity contribution >= 4 is 23.2 Å². The van der Waals surface area contributed by atoms with E-state index in [9.17, 15) is 4.79 Å². The first-order valence-corrected chi connectivity index (χ1v) is 7.74. The zero-order valence-electron chi connectivity index (χ0n) is 12.5. The fraction of sp³-hybridized carbons (Fsp3) is 0.235. The molecule has 0 saturated carbocycles. The largest absolute Gasteiger partial charge is 0.454 e. The molecule has 5 nitrogen and oxygen atoms in total. The van der Waals surface area contributed by atoms with E-state index in [0.29, 0.717) is 24.5 Å². The quantitative estimate of drug-likeness (QED) is 0.853. The van der Waals surface area contributed by atoms with Crippen molar-refractivity contribution in [2.75, 3.05) is 18.7 Å². The Kier molecular flexibility index (Phi) is 4.88. The lowest BCUT2D eigenvalue weighted by Crippen LogP contribution is -2.24. The highest BCUT2D eigenvalue weighted by Gasteiger charge is 2.13. The Balaban J connectivity index is 1.42. The van der Waals surface area contributed by atoms with Gasteiger partial charge in [0.15, 0.2) is 11.5 Å². The Hall–Kier alpha value is -2.40. The number of ether oxygens (including phenoxy) is 2. The van der Waals surface area contributed by atoms with E-state index in [2.05, 4.69) is 10.6 Å². The predicted octanol–water partition coefficient (Wildman–Crippen LogP) is 3.19. The second kappa shape index (κ2) is 7.24. The van der Waals surface area contributed by atoms with Crippen molar-refractivity contribution in [2.45, 2.75) is 13.0 Å². The molecule has 0 saturated heterocycles. The number of hydrogen-bond acceptors (Lipinski definition) is 4. The Morgan fingerprint density at radius 2 is 1.96 bits per heavy atom. The number of amides is 1. The summed E-state index contributed by atoms with van der Waals surface area (Å²) in [4.78, 5) is 11.9. The topological polar surface area (TPSA) is 59.6 Å². The van der Waals surface area contributed by atoms with Gasteiger partial charge in [0.1, 0.15) is 0 Å². The number of hydrogen-bond donors (Lipinski definition) is 2. The maximum Gasteiger partial charge on any atom is 0.231 e. The summed E-state index contributed by atoms with van der Waals surface area (Å²) in [6.45, 7) is 1.23. The summed E-state index contributed by atoms with van der Waals surface area (Å²) < 4.78 is 10.6. The van der Waals surface area contributed by atoms with E-state index in [0.717, 1.165) is 22.7 Å². The summed E-state index contributed by atoms with van der Waals surface area (Å²) in [5, 5.41) is 6.68. The van der Waals surface area contributed by atoms with Crippen LogP contribution in [0.2, 0.25) is 5.02 Å². The van der Waals surface area contributed by atoms with E-state index in [1.165, 1.54) is 0 Å². The zero-order valence-corrected chi connectivity index (χ0v) is 13.2. The molecule has 1 aliphatic heterocycles. The molecule has 0 atom stereocenters. The van der Waals surface area contributed by atoms with Gasteiger partial charge in [-0.3, -0.25) is 4.79 Å². The molecule has 0 fully saturated rings. The van der Waals surface area contributed by atoms with Crippen molar-refractivity contribution in [3.8, 4) is 11.5 Å². The molecule has 0 bridgehead atoms. The molecule has 2 N–H and O–H groups in total. The van der Waals surface area contributed by atoms with Crippen LogP contribution in [0.1, 0.15) is 12.0 Å². The van der Waals surface area contributed by atoms with Gasteiger partial charge in [0, 0.05) is 19.5 Å². The Morgan fingerprint density at radius 1 is 1.13 bits per heavy atom. The van der Waals surface area contributed by atoms with E-state index in [1.807, 2.05) is 42.5 Å². The average Bonchev–Trinajstić information content (AvgIpc) is 3.02. The van der Waals surface area contributed by atoms with Crippen molar-refractivity contribution in [3.63, 3.8) is 0 Å². The van der Waals surface area contributed by atoms with Gasteiger partial charge in [-0.2, -0.15) is 0 Å². The molecule has 0 unspecified atom stereocenters. The van der Waals surface area contributed by atoms with Crippen LogP contribution in [0, 0.1) is 0 Å². The normalized spacial score (nSPS) is 12.0. The second-order valence-electron chi connectivity index (χ2n) is 5.12. The second-order valence-corrected chi connectivity index (χ2v) is 5.53. The number of carbonyl (C=O) groups is 1. The highest BCUT2D eigenvalue weighted by molar-refractivity contribution is 6.33. The standard InChI is InChI=1S/C17H17ClN2O3/c18-13-3-1-2-4-14(13)19-8-7-17(21)20-10-12-5-6-15-16(9-12)23-11-22-15/h1-6,9,19H,7-8,10-11H2,(H,20,21). The number of carbonyl (C=O) groups excluding carboxylic acids is 1. The van der Waals surface area contributed by atoms with Crippen LogP contribution in [0.25, 0.3) is 0 Å². The molecule has 0 aliphatic carbocycles. The third-order valence-corrected chi connectivity index (χ3v) is 3.80. The van der Waals surface area contributed by atoms with Crippen molar-refractivity contribution in [1.82, 2.24) is 5.32 Å². The summed E-state index contributed by atoms with van der Waals surface area (Å²) in [5.74, 6) is 1.43. The van der Waals surface area contributed by atoms with Crippen LogP contribution in [-0.2, 0) is 11.3 Å². The molecule has 23 heavy (non-hydrogen) atoms. The smallest absolute Gasteiger partial charge is 0.231 e. The minimum absolute atomic E-state index is 0.0257. The van der Waals surface area contributed by atoms with Crippen LogP contribution < -0.4 is 20.1 Å². The number of benzene rings is 2. The fourth-order valence-corrected chi connectivity index (χ4v) is 2.46. The lowest BCUT2D eigenvalue weighted by Gasteiger charge is -2.09. The van der Waals surface area contributed by atoms with Crippen molar-refractivity contribution in [2.24, 2.45) is 0 Å². The SMILES string of the molecule is O=C(CCNc1ccccc1Cl)NCc1ccc2c(c1)OCO2. The third kappa shape index (κ3) is 4.07. The molecule has 3 rings (SSSR count). The Morgan fingerprint density at radius 3 is 2.83 bits per heavy atom. The van der Waals surface area contributed by atoms with Gasteiger partial charge in [-0.25, -0.2) is 0 Å². The highest BCUT2D eigenvalue weighted by atomic mass is 35.5. The third-order valence-electron chi connectivity index (χ3n) is 3.47. The number of halogens is 1. The van der Waals surface area contributed by atoms with Crippen LogP contribution in [0.3, 0.4) is 0 Å². The van der Waals surface area contributed by atoms with E-state index in [4.69, 9.17) is 21.1 Å². The molecule has 1 amide bonds. The summed E-state index contributed by atoms with van der Waals surface area (Å²) in [5.41, 5.74) is 1.81. The highest BCUT2D eigenvalue weighted by Crippen LogP contribution is 2.32. The molecule has 1 heterocycles. The number of rotatable bonds is 6. The first-order chi connectivity index (χ1) is 11.2. The van der Waals surface area contributed by atoms with E-state index < -0.39 is 0 Å². The predicted molar refractivity (Wildman–Crippen MR) is 89.0 cm³/mol. The van der Waals surface area contributed by atoms with Gasteiger partial charge in [0.05, 0.1) is 10.7 Å². The van der Waals surface area contributed by atoms with Gasteiger partial charge < -0.3 is 20.1 Å². The Labute approximate surface area is 139 Å². The summed E-state index contributed by atoms with van der Waals surface area (Å²) in [6.07, 6.45) is 0.371. The first-order valence-electron chi connectivity index (χ1n) is 7.36. The van der Waals surface area contributed by atoms with Gasteiger partial charge in [-0.1, -0.05) is 29.8 Å². The van der Waals surface area contributed by atoms with Crippen molar-refractivity contribution in [1.29, 1.82) is 0 Å². The molecule has 1 aliphatic rings. The fourth-order valence-electron chi connectivity index (χ4n) is 2.26. The van der Waals surface area contributed by atoms with Gasteiger partial charge >= 0.3 is 0 Å². The van der Waals surface area contributed by atoms with Crippen molar-refractivity contribution in [3.05, 3.63) is 53.1 Å². The zero-order chi connectivity index (χ0) is 16.1. The van der Waals surface area contributed by atoms with E-state index in [-0.39, 0.29) is 12.7 Å². The van der Waals surface area contributed by atoms with E-state index >= 15 is 0 Å². The maximum absolute atomic E-state index is 11.9. The molecule has 6 heteroatoms.